The number of aliphatic hydroxyl groups excluding tert-OH is 1. The number of hydrogen-bond acceptors (Lipinski definition) is 10. The first kappa shape index (κ1) is 28.1. The second-order valence-electron chi connectivity index (χ2n) is 10.0. The number of thiazole rings is 1. The van der Waals surface area contributed by atoms with Crippen LogP contribution in [0, 0.1) is 6.92 Å². The molecule has 1 N–H and O–H groups in total. The van der Waals surface area contributed by atoms with Gasteiger partial charge in [0.05, 0.1) is 22.2 Å². The summed E-state index contributed by atoms with van der Waals surface area (Å²) in [5.74, 6) is -1.12. The van der Waals surface area contributed by atoms with Gasteiger partial charge in [-0.25, -0.2) is 4.98 Å². The maximum atomic E-state index is 14.1. The average molecular weight is 634 g/mol. The largest absolute Gasteiger partial charge is 0.503 e. The molecule has 0 aliphatic carbocycles. The van der Waals surface area contributed by atoms with Crippen LogP contribution in [0.3, 0.4) is 0 Å². The van der Waals surface area contributed by atoms with Crippen molar-refractivity contribution in [2.45, 2.75) is 23.1 Å². The molecule has 44 heavy (non-hydrogen) atoms. The molecule has 1 unspecified atom stereocenters. The quantitative estimate of drug-likeness (QED) is 0.104. The number of carbonyl (C=O) groups is 2. The van der Waals surface area contributed by atoms with E-state index in [1.807, 2.05) is 48.5 Å². The minimum atomic E-state index is -0.936. The molecule has 1 amide bonds. The molecule has 1 aliphatic heterocycles. The summed E-state index contributed by atoms with van der Waals surface area (Å²) in [5.41, 5.74) is 3.11. The van der Waals surface area contributed by atoms with Gasteiger partial charge < -0.3 is 5.11 Å². The standard InChI is InChI=1S/C33H23N5O3S3/c1-19-29(43-30(35-19)21-10-3-2-4-11-21)27(39)25-26(22-14-8-16-34-17-22)38(31(41)28(25)40)32-36-37-33(44-32)42-18-23-13-7-12-20-9-5-6-15-24(20)23/h2-17,26,40H,18H2,1H3. The Morgan fingerprint density at radius 2 is 1.75 bits per heavy atom. The minimum absolute atomic E-state index is 0.0329. The first-order chi connectivity index (χ1) is 21.5. The zero-order valence-electron chi connectivity index (χ0n) is 23.2. The molecule has 6 aromatic rings. The van der Waals surface area contributed by atoms with Crippen LogP contribution in [0.5, 0.6) is 0 Å². The number of pyridine rings is 1. The number of fused-ring (bicyclic) bond motifs is 1. The van der Waals surface area contributed by atoms with E-state index in [4.69, 9.17) is 0 Å². The van der Waals surface area contributed by atoms with Crippen molar-refractivity contribution >= 4 is 62.0 Å². The topological polar surface area (TPSA) is 109 Å². The van der Waals surface area contributed by atoms with Gasteiger partial charge >= 0.3 is 0 Å². The number of benzene rings is 3. The number of amides is 1. The fourth-order valence-electron chi connectivity index (χ4n) is 5.24. The van der Waals surface area contributed by atoms with Gasteiger partial charge in [0.25, 0.3) is 5.91 Å². The Bertz CT molecular complexity index is 2050. The number of aryl methyl sites for hydroxylation is 1. The molecule has 4 heterocycles. The summed E-state index contributed by atoms with van der Waals surface area (Å²) in [4.78, 5) is 38.3. The molecule has 0 fully saturated rings. The van der Waals surface area contributed by atoms with E-state index in [0.29, 0.717) is 31.2 Å². The summed E-state index contributed by atoms with van der Waals surface area (Å²) in [6.07, 6.45) is 3.20. The molecule has 0 spiro atoms. The van der Waals surface area contributed by atoms with Crippen LogP contribution in [-0.2, 0) is 10.5 Å². The number of aromatic nitrogens is 4. The van der Waals surface area contributed by atoms with Crippen molar-refractivity contribution in [2.24, 2.45) is 0 Å². The van der Waals surface area contributed by atoms with Crippen molar-refractivity contribution in [1.82, 2.24) is 20.2 Å². The molecule has 1 atom stereocenters. The van der Waals surface area contributed by atoms with Crippen molar-refractivity contribution in [1.29, 1.82) is 0 Å². The summed E-state index contributed by atoms with van der Waals surface area (Å²) < 4.78 is 0.663. The van der Waals surface area contributed by atoms with Gasteiger partial charge in [0, 0.05) is 23.7 Å². The second kappa shape index (κ2) is 11.8. The van der Waals surface area contributed by atoms with E-state index >= 15 is 0 Å². The van der Waals surface area contributed by atoms with Crippen molar-refractivity contribution in [3.05, 3.63) is 130 Å². The lowest BCUT2D eigenvalue weighted by molar-refractivity contribution is -0.117. The molecule has 0 bridgehead atoms. The number of thioether (sulfide) groups is 1. The molecule has 0 radical (unpaired) electrons. The van der Waals surface area contributed by atoms with Crippen molar-refractivity contribution in [2.75, 3.05) is 4.90 Å². The molecule has 1 aliphatic rings. The highest BCUT2D eigenvalue weighted by atomic mass is 32.2. The van der Waals surface area contributed by atoms with E-state index < -0.39 is 23.5 Å². The summed E-state index contributed by atoms with van der Waals surface area (Å²) in [6.45, 7) is 1.76. The van der Waals surface area contributed by atoms with Crippen LogP contribution < -0.4 is 4.90 Å². The van der Waals surface area contributed by atoms with E-state index in [0.717, 1.165) is 16.5 Å². The number of rotatable bonds is 8. The van der Waals surface area contributed by atoms with E-state index in [-0.39, 0.29) is 10.7 Å². The molecule has 8 nitrogen and oxygen atoms in total. The van der Waals surface area contributed by atoms with Crippen molar-refractivity contribution in [3.63, 3.8) is 0 Å². The average Bonchev–Trinajstić information content (AvgIpc) is 3.76. The van der Waals surface area contributed by atoms with Crippen LogP contribution in [0.15, 0.2) is 113 Å². The van der Waals surface area contributed by atoms with Crippen LogP contribution in [0.25, 0.3) is 21.3 Å². The van der Waals surface area contributed by atoms with Gasteiger partial charge in [-0.15, -0.1) is 21.5 Å². The summed E-state index contributed by atoms with van der Waals surface area (Å²) in [7, 11) is 0. The maximum absolute atomic E-state index is 14.1. The molecule has 7 rings (SSSR count). The summed E-state index contributed by atoms with van der Waals surface area (Å²) >= 11 is 3.99. The minimum Gasteiger partial charge on any atom is -0.503 e. The lowest BCUT2D eigenvalue weighted by Gasteiger charge is -2.23. The predicted molar refractivity (Wildman–Crippen MR) is 174 cm³/mol. The van der Waals surface area contributed by atoms with Gasteiger partial charge in [-0.3, -0.25) is 19.5 Å². The van der Waals surface area contributed by atoms with E-state index in [9.17, 15) is 14.7 Å². The zero-order chi connectivity index (χ0) is 30.2. The number of hydrogen-bond donors (Lipinski definition) is 1. The van der Waals surface area contributed by atoms with Gasteiger partial charge in [-0.2, -0.15) is 0 Å². The van der Waals surface area contributed by atoms with Crippen molar-refractivity contribution < 1.29 is 14.7 Å². The first-order valence-electron chi connectivity index (χ1n) is 13.7. The third-order valence-electron chi connectivity index (χ3n) is 7.31. The highest BCUT2D eigenvalue weighted by Crippen LogP contribution is 2.45. The highest BCUT2D eigenvalue weighted by Gasteiger charge is 2.47. The van der Waals surface area contributed by atoms with Crippen LogP contribution >= 0.6 is 34.4 Å². The van der Waals surface area contributed by atoms with E-state index in [1.165, 1.54) is 44.7 Å². The Balaban J connectivity index is 1.21. The van der Waals surface area contributed by atoms with E-state index in [2.05, 4.69) is 44.4 Å². The Labute approximate surface area is 264 Å². The van der Waals surface area contributed by atoms with Crippen LogP contribution in [0.1, 0.15) is 32.5 Å². The monoisotopic (exact) mass is 633 g/mol. The number of carbonyl (C=O) groups excluding carboxylic acids is 2. The lowest BCUT2D eigenvalue weighted by atomic mass is 9.96. The van der Waals surface area contributed by atoms with Gasteiger partial charge in [0.2, 0.25) is 10.9 Å². The SMILES string of the molecule is Cc1nc(-c2ccccc2)sc1C(=O)C1=C(O)C(=O)N(c2nnc(SCc3cccc4ccccc34)s2)C1c1cccnc1. The van der Waals surface area contributed by atoms with Crippen LogP contribution in [0.4, 0.5) is 5.13 Å². The summed E-state index contributed by atoms with van der Waals surface area (Å²) in [5, 5.41) is 23.2. The maximum Gasteiger partial charge on any atom is 0.296 e. The van der Waals surface area contributed by atoms with Gasteiger partial charge in [-0.05, 0) is 34.9 Å². The Kier molecular flexibility index (Phi) is 7.51. The highest BCUT2D eigenvalue weighted by molar-refractivity contribution is 8.00. The Hall–Kier alpha value is -4.71. The van der Waals surface area contributed by atoms with Gasteiger partial charge in [-0.1, -0.05) is 102 Å². The van der Waals surface area contributed by atoms with E-state index in [1.54, 1.807) is 31.5 Å². The van der Waals surface area contributed by atoms with Crippen molar-refractivity contribution in [3.8, 4) is 10.6 Å². The smallest absolute Gasteiger partial charge is 0.296 e. The lowest BCUT2D eigenvalue weighted by Crippen LogP contribution is -2.31. The van der Waals surface area contributed by atoms with Gasteiger partial charge in [0.1, 0.15) is 5.01 Å². The van der Waals surface area contributed by atoms with Crippen LogP contribution in [-0.4, -0.2) is 37.0 Å². The molecular weight excluding hydrogens is 611 g/mol. The normalized spacial score (nSPS) is 15.0. The fraction of sp³-hybridized carbons (Fsp3) is 0.0909. The number of Topliss-reactive ketones (excluding diaryl/α,β-unsaturated/α-hetero) is 1. The molecule has 216 valence electrons. The third-order valence-corrected chi connectivity index (χ3v) is 10.6. The number of aliphatic hydroxyl groups is 1. The molecule has 0 saturated carbocycles. The summed E-state index contributed by atoms with van der Waals surface area (Å²) in [6, 6.07) is 26.6. The number of nitrogens with zero attached hydrogens (tertiary/aromatic N) is 5. The predicted octanol–water partition coefficient (Wildman–Crippen LogP) is 7.59. The molecule has 3 aromatic heterocycles. The molecule has 0 saturated heterocycles. The number of anilines is 1. The number of ketones is 1. The Morgan fingerprint density at radius 3 is 2.57 bits per heavy atom. The third kappa shape index (κ3) is 5.08. The first-order valence-corrected chi connectivity index (χ1v) is 16.3. The van der Waals surface area contributed by atoms with Gasteiger partial charge in [0.15, 0.2) is 10.1 Å². The molecule has 3 aromatic carbocycles. The fourth-order valence-corrected chi connectivity index (χ4v) is 8.13. The molecular formula is C33H23N5O3S3. The second-order valence-corrected chi connectivity index (χ2v) is 13.2. The Morgan fingerprint density at radius 1 is 0.955 bits per heavy atom. The molecule has 11 heteroatoms. The van der Waals surface area contributed by atoms with Crippen LogP contribution in [0.2, 0.25) is 0 Å². The zero-order valence-corrected chi connectivity index (χ0v) is 25.7.